The Balaban J connectivity index is 0.000000150. The second-order valence-electron chi connectivity index (χ2n) is 5.89. The van der Waals surface area contributed by atoms with Crippen molar-refractivity contribution in [2.45, 2.75) is 52.4 Å². The number of likely N-dealkylation sites (tertiary alicyclic amines) is 2. The van der Waals surface area contributed by atoms with Crippen LogP contribution in [-0.4, -0.2) is 50.1 Å². The lowest BCUT2D eigenvalue weighted by Gasteiger charge is -2.54. The smallest absolute Gasteiger partial charge is 0.00474 e. The Hall–Kier alpha value is -0.0800. The molecular formula is C15H32N2. The molecule has 0 aromatic heterocycles. The first-order valence-corrected chi connectivity index (χ1v) is 7.57. The molecule has 3 fully saturated rings. The molecule has 1 aliphatic carbocycles. The van der Waals surface area contributed by atoms with Crippen molar-refractivity contribution in [3.63, 3.8) is 0 Å². The van der Waals surface area contributed by atoms with Gasteiger partial charge in [-0.25, -0.2) is 0 Å². The van der Waals surface area contributed by atoms with Crippen molar-refractivity contribution in [2.24, 2.45) is 5.41 Å². The Bertz CT molecular complexity index is 185. The van der Waals surface area contributed by atoms with E-state index in [9.17, 15) is 0 Å². The molecule has 2 heteroatoms. The fraction of sp³-hybridized carbons (Fsp3) is 1.00. The van der Waals surface area contributed by atoms with Crippen LogP contribution in [0.3, 0.4) is 0 Å². The minimum absolute atomic E-state index is 0.842. The van der Waals surface area contributed by atoms with E-state index in [-0.39, 0.29) is 0 Å². The van der Waals surface area contributed by atoms with Gasteiger partial charge in [-0.05, 0) is 58.3 Å². The van der Waals surface area contributed by atoms with Gasteiger partial charge in [-0.2, -0.15) is 0 Å². The van der Waals surface area contributed by atoms with Gasteiger partial charge < -0.3 is 9.80 Å². The number of piperidine rings is 1. The summed E-state index contributed by atoms with van der Waals surface area (Å²) in [5, 5.41) is 0. The lowest BCUT2D eigenvalue weighted by atomic mass is 9.64. The zero-order chi connectivity index (χ0) is 12.7. The zero-order valence-electron chi connectivity index (χ0n) is 12.5. The molecule has 102 valence electrons. The number of hydrogen-bond donors (Lipinski definition) is 0. The first-order chi connectivity index (χ1) is 8.20. The summed E-state index contributed by atoms with van der Waals surface area (Å²) in [6.07, 6.45) is 8.79. The molecule has 2 nitrogen and oxygen atoms in total. The molecule has 0 bridgehead atoms. The molecular weight excluding hydrogens is 208 g/mol. The van der Waals surface area contributed by atoms with Gasteiger partial charge in [0.25, 0.3) is 0 Å². The highest BCUT2D eigenvalue weighted by molar-refractivity contribution is 4.98. The van der Waals surface area contributed by atoms with E-state index in [0.717, 1.165) is 5.41 Å². The Morgan fingerprint density at radius 3 is 1.41 bits per heavy atom. The quantitative estimate of drug-likeness (QED) is 0.641. The van der Waals surface area contributed by atoms with Gasteiger partial charge in [-0.3, -0.25) is 0 Å². The van der Waals surface area contributed by atoms with Crippen LogP contribution in [0, 0.1) is 5.41 Å². The summed E-state index contributed by atoms with van der Waals surface area (Å²) in [7, 11) is 4.41. The van der Waals surface area contributed by atoms with Crippen molar-refractivity contribution in [1.29, 1.82) is 0 Å². The van der Waals surface area contributed by atoms with Crippen molar-refractivity contribution in [1.82, 2.24) is 9.80 Å². The summed E-state index contributed by atoms with van der Waals surface area (Å²) in [5.41, 5.74) is 0.842. The van der Waals surface area contributed by atoms with Crippen molar-refractivity contribution in [3.8, 4) is 0 Å². The maximum atomic E-state index is 2.42. The van der Waals surface area contributed by atoms with Gasteiger partial charge in [0.1, 0.15) is 0 Å². The first-order valence-electron chi connectivity index (χ1n) is 7.57. The van der Waals surface area contributed by atoms with Gasteiger partial charge in [0, 0.05) is 13.1 Å². The average molecular weight is 240 g/mol. The van der Waals surface area contributed by atoms with Gasteiger partial charge in [0.05, 0.1) is 0 Å². The van der Waals surface area contributed by atoms with Crippen LogP contribution >= 0.6 is 0 Å². The summed E-state index contributed by atoms with van der Waals surface area (Å²) in [6.45, 7) is 9.40. The molecule has 0 aromatic rings. The van der Waals surface area contributed by atoms with E-state index in [1.807, 2.05) is 13.8 Å². The molecule has 0 radical (unpaired) electrons. The zero-order valence-corrected chi connectivity index (χ0v) is 12.5. The molecule has 17 heavy (non-hydrogen) atoms. The molecule has 1 spiro atoms. The Labute approximate surface area is 108 Å². The van der Waals surface area contributed by atoms with Crippen LogP contribution in [0.5, 0.6) is 0 Å². The molecule has 0 N–H and O–H groups in total. The monoisotopic (exact) mass is 240 g/mol. The van der Waals surface area contributed by atoms with Gasteiger partial charge in [0.2, 0.25) is 0 Å². The van der Waals surface area contributed by atoms with Crippen LogP contribution in [0.15, 0.2) is 0 Å². The van der Waals surface area contributed by atoms with E-state index in [1.165, 1.54) is 64.7 Å². The molecule has 0 aromatic carbocycles. The van der Waals surface area contributed by atoms with Crippen molar-refractivity contribution in [2.75, 3.05) is 40.3 Å². The van der Waals surface area contributed by atoms with E-state index in [4.69, 9.17) is 0 Å². The molecule has 0 amide bonds. The van der Waals surface area contributed by atoms with Crippen LogP contribution in [0.4, 0.5) is 0 Å². The summed E-state index contributed by atoms with van der Waals surface area (Å²) >= 11 is 0. The Morgan fingerprint density at radius 1 is 0.706 bits per heavy atom. The third kappa shape index (κ3) is 4.59. The number of hydrogen-bond acceptors (Lipinski definition) is 2. The minimum atomic E-state index is 0.842. The number of nitrogens with zero attached hydrogens (tertiary/aromatic N) is 2. The van der Waals surface area contributed by atoms with Crippen molar-refractivity contribution in [3.05, 3.63) is 0 Å². The molecule has 3 aliphatic rings. The standard InChI is InChI=1S/C7H13N.C6H13N.C2H6/c1-8-5-7(6-8)3-2-4-7;1-7-5-3-2-4-6-7;1-2/h2-6H2,1H3;2-6H2,1H3;1-2H3. The highest BCUT2D eigenvalue weighted by Gasteiger charge is 2.45. The predicted molar refractivity (Wildman–Crippen MR) is 76.5 cm³/mol. The normalized spacial score (nSPS) is 26.8. The SMILES string of the molecule is CC.CN1CC2(CCC2)C1.CN1CCCCC1. The topological polar surface area (TPSA) is 6.48 Å². The molecule has 2 aliphatic heterocycles. The second kappa shape index (κ2) is 7.38. The molecule has 1 saturated carbocycles. The minimum Gasteiger partial charge on any atom is -0.306 e. The first kappa shape index (κ1) is 15.0. The summed E-state index contributed by atoms with van der Waals surface area (Å²) < 4.78 is 0. The van der Waals surface area contributed by atoms with E-state index >= 15 is 0 Å². The van der Waals surface area contributed by atoms with E-state index in [0.29, 0.717) is 0 Å². The fourth-order valence-corrected chi connectivity index (χ4v) is 3.14. The average Bonchev–Trinajstić information content (AvgIpc) is 2.27. The predicted octanol–water partition coefficient (Wildman–Crippen LogP) is 3.23. The van der Waals surface area contributed by atoms with Crippen LogP contribution in [0.2, 0.25) is 0 Å². The third-order valence-electron chi connectivity index (χ3n) is 4.20. The molecule has 0 unspecified atom stereocenters. The highest BCUT2D eigenvalue weighted by Crippen LogP contribution is 2.47. The molecule has 2 saturated heterocycles. The number of rotatable bonds is 0. The van der Waals surface area contributed by atoms with Crippen LogP contribution in [0.25, 0.3) is 0 Å². The van der Waals surface area contributed by atoms with Crippen LogP contribution < -0.4 is 0 Å². The van der Waals surface area contributed by atoms with Gasteiger partial charge in [-0.15, -0.1) is 0 Å². The van der Waals surface area contributed by atoms with E-state index in [2.05, 4.69) is 23.9 Å². The lowest BCUT2D eigenvalue weighted by Crippen LogP contribution is -2.57. The van der Waals surface area contributed by atoms with Crippen molar-refractivity contribution >= 4 is 0 Å². The van der Waals surface area contributed by atoms with Gasteiger partial charge in [0.15, 0.2) is 0 Å². The summed E-state index contributed by atoms with van der Waals surface area (Å²) in [4.78, 5) is 4.81. The van der Waals surface area contributed by atoms with Gasteiger partial charge >= 0.3 is 0 Å². The maximum Gasteiger partial charge on any atom is 0.00474 e. The summed E-state index contributed by atoms with van der Waals surface area (Å²) in [5.74, 6) is 0. The lowest BCUT2D eigenvalue weighted by molar-refractivity contribution is -0.0436. The summed E-state index contributed by atoms with van der Waals surface area (Å²) in [6, 6.07) is 0. The van der Waals surface area contributed by atoms with Gasteiger partial charge in [-0.1, -0.05) is 26.7 Å². The van der Waals surface area contributed by atoms with E-state index < -0.39 is 0 Å². The Morgan fingerprint density at radius 2 is 1.24 bits per heavy atom. The molecule has 0 atom stereocenters. The van der Waals surface area contributed by atoms with Crippen LogP contribution in [0.1, 0.15) is 52.4 Å². The third-order valence-corrected chi connectivity index (χ3v) is 4.20. The molecule has 3 rings (SSSR count). The van der Waals surface area contributed by atoms with Crippen molar-refractivity contribution < 1.29 is 0 Å². The molecule has 2 heterocycles. The Kier molecular flexibility index (Phi) is 6.50. The second-order valence-corrected chi connectivity index (χ2v) is 5.89. The van der Waals surface area contributed by atoms with Crippen LogP contribution in [-0.2, 0) is 0 Å². The maximum absolute atomic E-state index is 2.42. The highest BCUT2D eigenvalue weighted by atomic mass is 15.2. The largest absolute Gasteiger partial charge is 0.306 e. The van der Waals surface area contributed by atoms with E-state index in [1.54, 1.807) is 0 Å². The fourth-order valence-electron chi connectivity index (χ4n) is 3.14.